The van der Waals surface area contributed by atoms with Crippen LogP contribution in [0.1, 0.15) is 30.9 Å². The first kappa shape index (κ1) is 12.5. The smallest absolute Gasteiger partial charge is 0.0351 e. The fraction of sp³-hybridized carbons (Fsp3) is 0.538. The van der Waals surface area contributed by atoms with E-state index in [4.69, 9.17) is 11.6 Å². The zero-order valence-corrected chi connectivity index (χ0v) is 10.6. The van der Waals surface area contributed by atoms with E-state index in [1.807, 2.05) is 0 Å². The van der Waals surface area contributed by atoms with Gasteiger partial charge in [-0.1, -0.05) is 38.1 Å². The van der Waals surface area contributed by atoms with Gasteiger partial charge in [-0.05, 0) is 24.1 Å². The van der Waals surface area contributed by atoms with Crippen LogP contribution >= 0.6 is 11.6 Å². The van der Waals surface area contributed by atoms with Gasteiger partial charge in [0.2, 0.25) is 0 Å². The van der Waals surface area contributed by atoms with Crippen molar-refractivity contribution in [3.8, 4) is 0 Å². The second kappa shape index (κ2) is 6.14. The first-order valence-electron chi connectivity index (χ1n) is 5.47. The van der Waals surface area contributed by atoms with Crippen molar-refractivity contribution in [2.24, 2.45) is 0 Å². The van der Waals surface area contributed by atoms with Crippen molar-refractivity contribution in [3.63, 3.8) is 0 Å². The van der Waals surface area contributed by atoms with Crippen LogP contribution in [0.25, 0.3) is 0 Å². The van der Waals surface area contributed by atoms with Gasteiger partial charge in [0.25, 0.3) is 0 Å². The van der Waals surface area contributed by atoms with Gasteiger partial charge in [0.05, 0.1) is 0 Å². The molecular formula is C13H20ClN. The summed E-state index contributed by atoms with van der Waals surface area (Å²) in [6.45, 7) is 6.35. The molecule has 0 atom stereocenters. The maximum Gasteiger partial charge on any atom is 0.0351 e. The van der Waals surface area contributed by atoms with Gasteiger partial charge in [-0.15, -0.1) is 11.6 Å². The van der Waals surface area contributed by atoms with E-state index in [9.17, 15) is 0 Å². The molecule has 0 aromatic heterocycles. The first-order chi connectivity index (χ1) is 7.13. The summed E-state index contributed by atoms with van der Waals surface area (Å²) in [6.07, 6.45) is 0. The average Bonchev–Trinajstić information content (AvgIpc) is 2.18. The summed E-state index contributed by atoms with van der Waals surface area (Å²) in [5.41, 5.74) is 2.76. The van der Waals surface area contributed by atoms with Crippen molar-refractivity contribution in [1.29, 1.82) is 0 Å². The zero-order chi connectivity index (χ0) is 11.3. The van der Waals surface area contributed by atoms with E-state index in [0.29, 0.717) is 11.8 Å². The average molecular weight is 226 g/mol. The van der Waals surface area contributed by atoms with Crippen LogP contribution < -0.4 is 0 Å². The largest absolute Gasteiger partial charge is 0.301 e. The topological polar surface area (TPSA) is 3.24 Å². The van der Waals surface area contributed by atoms with Gasteiger partial charge in [-0.25, -0.2) is 0 Å². The Bertz CT molecular complexity index is 279. The Morgan fingerprint density at radius 2 is 1.80 bits per heavy atom. The molecule has 1 aromatic carbocycles. The van der Waals surface area contributed by atoms with Crippen LogP contribution in [0.3, 0.4) is 0 Å². The van der Waals surface area contributed by atoms with Crippen molar-refractivity contribution >= 4 is 11.6 Å². The molecule has 0 N–H and O–H groups in total. The predicted molar refractivity (Wildman–Crippen MR) is 67.6 cm³/mol. The molecule has 0 aliphatic rings. The zero-order valence-electron chi connectivity index (χ0n) is 9.83. The minimum absolute atomic E-state index is 0.611. The number of nitrogens with zero attached hydrogens (tertiary/aromatic N) is 1. The highest BCUT2D eigenvalue weighted by molar-refractivity contribution is 6.18. The Morgan fingerprint density at radius 3 is 2.27 bits per heavy atom. The van der Waals surface area contributed by atoms with Crippen LogP contribution in [-0.4, -0.2) is 24.4 Å². The number of hydrogen-bond donors (Lipinski definition) is 0. The highest BCUT2D eigenvalue weighted by Gasteiger charge is 2.01. The molecule has 0 heterocycles. The molecule has 0 saturated carbocycles. The molecule has 0 saturated heterocycles. The standard InChI is InChI=1S/C13H20ClN/c1-11(2)13-6-4-12(5-7-13)10-15(3)9-8-14/h4-7,11H,8-10H2,1-3H3. The van der Waals surface area contributed by atoms with E-state index < -0.39 is 0 Å². The van der Waals surface area contributed by atoms with Gasteiger partial charge in [-0.2, -0.15) is 0 Å². The minimum atomic E-state index is 0.611. The highest BCUT2D eigenvalue weighted by atomic mass is 35.5. The molecule has 0 amide bonds. The number of halogens is 1. The predicted octanol–water partition coefficient (Wildman–Crippen LogP) is 3.48. The lowest BCUT2D eigenvalue weighted by molar-refractivity contribution is 0.348. The van der Waals surface area contributed by atoms with Gasteiger partial charge in [0.1, 0.15) is 0 Å². The van der Waals surface area contributed by atoms with Crippen molar-refractivity contribution in [2.75, 3.05) is 19.5 Å². The maximum absolute atomic E-state index is 5.69. The molecule has 84 valence electrons. The molecule has 0 fully saturated rings. The highest BCUT2D eigenvalue weighted by Crippen LogP contribution is 2.15. The lowest BCUT2D eigenvalue weighted by atomic mass is 10.0. The Morgan fingerprint density at radius 1 is 1.20 bits per heavy atom. The molecule has 0 bridgehead atoms. The second-order valence-electron chi connectivity index (χ2n) is 4.32. The molecule has 0 unspecified atom stereocenters. The first-order valence-corrected chi connectivity index (χ1v) is 6.00. The summed E-state index contributed by atoms with van der Waals surface area (Å²) < 4.78 is 0. The SMILES string of the molecule is CC(C)c1ccc(CN(C)CCCl)cc1. The summed E-state index contributed by atoms with van der Waals surface area (Å²) in [5, 5.41) is 0. The molecule has 2 heteroatoms. The Kier molecular flexibility index (Phi) is 5.13. The number of rotatable bonds is 5. The van der Waals surface area contributed by atoms with E-state index in [2.05, 4.69) is 50.1 Å². The van der Waals surface area contributed by atoms with Crippen molar-refractivity contribution in [3.05, 3.63) is 35.4 Å². The van der Waals surface area contributed by atoms with Gasteiger partial charge >= 0.3 is 0 Å². The third-order valence-electron chi connectivity index (χ3n) is 2.57. The van der Waals surface area contributed by atoms with Crippen molar-refractivity contribution < 1.29 is 0 Å². The third-order valence-corrected chi connectivity index (χ3v) is 2.73. The van der Waals surface area contributed by atoms with E-state index in [1.54, 1.807) is 0 Å². The lowest BCUT2D eigenvalue weighted by Crippen LogP contribution is -2.19. The van der Waals surface area contributed by atoms with Crippen LogP contribution in [0.15, 0.2) is 24.3 Å². The number of hydrogen-bond acceptors (Lipinski definition) is 1. The van der Waals surface area contributed by atoms with Crippen LogP contribution in [0.2, 0.25) is 0 Å². The molecule has 0 aliphatic heterocycles. The molecule has 1 rings (SSSR count). The van der Waals surface area contributed by atoms with Crippen LogP contribution in [-0.2, 0) is 6.54 Å². The summed E-state index contributed by atoms with van der Waals surface area (Å²) in [7, 11) is 2.10. The molecule has 0 aliphatic carbocycles. The molecular weight excluding hydrogens is 206 g/mol. The lowest BCUT2D eigenvalue weighted by Gasteiger charge is -2.15. The van der Waals surface area contributed by atoms with Crippen molar-refractivity contribution in [1.82, 2.24) is 4.90 Å². The monoisotopic (exact) mass is 225 g/mol. The van der Waals surface area contributed by atoms with Crippen molar-refractivity contribution in [2.45, 2.75) is 26.3 Å². The summed E-state index contributed by atoms with van der Waals surface area (Å²) >= 11 is 5.69. The van der Waals surface area contributed by atoms with Gasteiger partial charge in [0.15, 0.2) is 0 Å². The quantitative estimate of drug-likeness (QED) is 0.694. The Hall–Kier alpha value is -0.530. The molecule has 1 nitrogen and oxygen atoms in total. The molecule has 1 aromatic rings. The summed E-state index contributed by atoms with van der Waals surface area (Å²) in [5.74, 6) is 1.31. The van der Waals surface area contributed by atoms with E-state index in [-0.39, 0.29) is 0 Å². The number of alkyl halides is 1. The van der Waals surface area contributed by atoms with Crippen LogP contribution in [0.4, 0.5) is 0 Å². The van der Waals surface area contributed by atoms with E-state index in [0.717, 1.165) is 13.1 Å². The van der Waals surface area contributed by atoms with Gasteiger partial charge in [-0.3, -0.25) is 0 Å². The number of benzene rings is 1. The van der Waals surface area contributed by atoms with Gasteiger partial charge < -0.3 is 4.90 Å². The Labute approximate surface area is 98.0 Å². The van der Waals surface area contributed by atoms with Crippen LogP contribution in [0.5, 0.6) is 0 Å². The maximum atomic E-state index is 5.69. The summed E-state index contributed by atoms with van der Waals surface area (Å²) in [6, 6.07) is 8.85. The second-order valence-corrected chi connectivity index (χ2v) is 4.70. The van der Waals surface area contributed by atoms with E-state index >= 15 is 0 Å². The fourth-order valence-electron chi connectivity index (χ4n) is 1.54. The molecule has 15 heavy (non-hydrogen) atoms. The van der Waals surface area contributed by atoms with Crippen LogP contribution in [0, 0.1) is 0 Å². The van der Waals surface area contributed by atoms with Gasteiger partial charge in [0, 0.05) is 19.0 Å². The van der Waals surface area contributed by atoms with E-state index in [1.165, 1.54) is 11.1 Å². The fourth-order valence-corrected chi connectivity index (χ4v) is 1.83. The third kappa shape index (κ3) is 4.23. The summed E-state index contributed by atoms with van der Waals surface area (Å²) in [4.78, 5) is 2.23. The Balaban J connectivity index is 2.56. The normalized spacial score (nSPS) is 11.3. The molecule has 0 radical (unpaired) electrons. The minimum Gasteiger partial charge on any atom is -0.301 e. The molecule has 0 spiro atoms.